The van der Waals surface area contributed by atoms with Crippen LogP contribution >= 0.6 is 0 Å². The zero-order chi connectivity index (χ0) is 40.2. The van der Waals surface area contributed by atoms with Crippen LogP contribution in [0.25, 0.3) is 0 Å². The number of unbranched alkanes of at least 4 members (excludes halogenated alkanes) is 2. The average Bonchev–Trinajstić information content (AvgIpc) is 3.22. The van der Waals surface area contributed by atoms with Gasteiger partial charge in [0.2, 0.25) is 11.8 Å². The maximum atomic E-state index is 13.7. The molecule has 0 bridgehead atoms. The number of benzene rings is 3. The average molecular weight is 776 g/mol. The summed E-state index contributed by atoms with van der Waals surface area (Å²) < 4.78 is 20.5. The Morgan fingerprint density at radius 1 is 0.482 bits per heavy atom. The molecule has 0 fully saturated rings. The zero-order valence-corrected chi connectivity index (χ0v) is 31.8. The van der Waals surface area contributed by atoms with Gasteiger partial charge in [0.05, 0.1) is 7.11 Å². The van der Waals surface area contributed by atoms with E-state index in [1.165, 1.54) is 7.11 Å². The second-order valence-electron chi connectivity index (χ2n) is 12.8. The summed E-state index contributed by atoms with van der Waals surface area (Å²) in [6, 6.07) is 25.5. The van der Waals surface area contributed by atoms with Crippen LogP contribution in [-0.2, 0) is 53.2 Å². The van der Waals surface area contributed by atoms with E-state index in [0.717, 1.165) is 16.7 Å². The Kier molecular flexibility index (Phi) is 21.0. The van der Waals surface area contributed by atoms with Crippen molar-refractivity contribution >= 4 is 36.1 Å². The van der Waals surface area contributed by atoms with Crippen molar-refractivity contribution in [2.75, 3.05) is 26.7 Å². The van der Waals surface area contributed by atoms with Crippen LogP contribution in [0.1, 0.15) is 68.1 Å². The maximum absolute atomic E-state index is 13.7. The van der Waals surface area contributed by atoms with Gasteiger partial charge in [-0.25, -0.2) is 14.4 Å². The summed E-state index contributed by atoms with van der Waals surface area (Å²) in [5.74, 6) is -1.48. The molecule has 5 amide bonds. The number of hydrogen-bond donors (Lipinski definition) is 5. The van der Waals surface area contributed by atoms with Gasteiger partial charge in [-0.15, -0.1) is 0 Å². The summed E-state index contributed by atoms with van der Waals surface area (Å²) in [5, 5.41) is 13.5. The third-order valence-corrected chi connectivity index (χ3v) is 8.34. The van der Waals surface area contributed by atoms with Gasteiger partial charge in [0, 0.05) is 26.1 Å². The second-order valence-corrected chi connectivity index (χ2v) is 12.8. The van der Waals surface area contributed by atoms with Crippen molar-refractivity contribution in [1.29, 1.82) is 0 Å². The van der Waals surface area contributed by atoms with Crippen molar-refractivity contribution in [3.05, 3.63) is 108 Å². The predicted octanol–water partition coefficient (Wildman–Crippen LogP) is 5.03. The van der Waals surface area contributed by atoms with Gasteiger partial charge in [0.1, 0.15) is 31.9 Å². The van der Waals surface area contributed by atoms with Crippen LogP contribution in [0, 0.1) is 0 Å². The molecule has 0 aliphatic rings. The normalized spacial score (nSPS) is 11.5. The topological polar surface area (TPSA) is 199 Å². The summed E-state index contributed by atoms with van der Waals surface area (Å²) >= 11 is 0. The number of hydrogen-bond acceptors (Lipinski definition) is 10. The number of carbonyl (C=O) groups is 6. The Bertz CT molecular complexity index is 1630. The Morgan fingerprint density at radius 2 is 0.893 bits per heavy atom. The molecule has 2 atom stereocenters. The van der Waals surface area contributed by atoms with Gasteiger partial charge in [-0.2, -0.15) is 0 Å². The molecule has 15 nitrogen and oxygen atoms in total. The van der Waals surface area contributed by atoms with Crippen molar-refractivity contribution in [1.82, 2.24) is 26.6 Å². The summed E-state index contributed by atoms with van der Waals surface area (Å²) in [5.41, 5.74) is 2.47. The molecule has 0 saturated carbocycles. The highest BCUT2D eigenvalue weighted by Gasteiger charge is 2.27. The van der Waals surface area contributed by atoms with Crippen LogP contribution in [0.3, 0.4) is 0 Å². The minimum Gasteiger partial charge on any atom is -0.469 e. The molecule has 56 heavy (non-hydrogen) atoms. The number of amides is 5. The van der Waals surface area contributed by atoms with Gasteiger partial charge in [0.25, 0.3) is 0 Å². The summed E-state index contributed by atoms with van der Waals surface area (Å²) in [6.45, 7) is 0.959. The SMILES string of the molecule is COC(=O)CCCNC(=O)C(CCCCNC(=O)OCc1ccccc1)NC(=O)C(CCCCNC(=O)OCc1ccccc1)NC(=O)OCc1ccccc1. The molecule has 0 radical (unpaired) electrons. The first-order valence-corrected chi connectivity index (χ1v) is 18.7. The number of nitrogens with one attached hydrogen (secondary N) is 5. The molecule has 5 N–H and O–H groups in total. The minimum atomic E-state index is -1.07. The highest BCUT2D eigenvalue weighted by molar-refractivity contribution is 5.91. The first-order chi connectivity index (χ1) is 27.2. The molecular formula is C41H53N5O10. The van der Waals surface area contributed by atoms with Crippen LogP contribution in [0.2, 0.25) is 0 Å². The number of ether oxygens (including phenoxy) is 4. The predicted molar refractivity (Wildman–Crippen MR) is 207 cm³/mol. The monoisotopic (exact) mass is 775 g/mol. The molecule has 15 heteroatoms. The van der Waals surface area contributed by atoms with E-state index in [1.807, 2.05) is 78.9 Å². The summed E-state index contributed by atoms with van der Waals surface area (Å²) in [6.07, 6.45) is 0.688. The lowest BCUT2D eigenvalue weighted by Crippen LogP contribution is -2.54. The van der Waals surface area contributed by atoms with Crippen LogP contribution < -0.4 is 26.6 Å². The Morgan fingerprint density at radius 3 is 1.34 bits per heavy atom. The van der Waals surface area contributed by atoms with Crippen molar-refractivity contribution < 1.29 is 47.7 Å². The molecule has 2 unspecified atom stereocenters. The third kappa shape index (κ3) is 19.3. The van der Waals surface area contributed by atoms with E-state index in [-0.39, 0.29) is 58.7 Å². The smallest absolute Gasteiger partial charge is 0.408 e. The molecule has 3 rings (SSSR count). The minimum absolute atomic E-state index is 0.0134. The maximum Gasteiger partial charge on any atom is 0.408 e. The van der Waals surface area contributed by atoms with E-state index in [9.17, 15) is 28.8 Å². The summed E-state index contributed by atoms with van der Waals surface area (Å²) in [4.78, 5) is 75.7. The lowest BCUT2D eigenvalue weighted by atomic mass is 10.1. The highest BCUT2D eigenvalue weighted by Crippen LogP contribution is 2.08. The molecule has 302 valence electrons. The number of carbonyl (C=O) groups excluding carboxylic acids is 6. The molecular weight excluding hydrogens is 722 g/mol. The quantitative estimate of drug-likeness (QED) is 0.0467. The van der Waals surface area contributed by atoms with E-state index >= 15 is 0 Å². The molecule has 3 aromatic carbocycles. The molecule has 0 aliphatic carbocycles. The van der Waals surface area contributed by atoms with Crippen molar-refractivity contribution in [3.8, 4) is 0 Å². The summed E-state index contributed by atoms with van der Waals surface area (Å²) in [7, 11) is 1.28. The van der Waals surface area contributed by atoms with Gasteiger partial charge in [-0.3, -0.25) is 14.4 Å². The van der Waals surface area contributed by atoms with Crippen LogP contribution in [-0.4, -0.2) is 74.9 Å². The standard InChI is InChI=1S/C41H53N5O10/c1-53-36(47)24-15-27-42-37(48)34(22-11-13-25-43-39(50)54-28-31-16-5-2-6-17-31)45-38(49)35(46-41(52)56-30-33-20-9-4-10-21-33)23-12-14-26-44-40(51)55-29-32-18-7-3-8-19-32/h2-10,16-21,34-35H,11-15,22-30H2,1H3,(H,42,48)(H,43,50)(H,44,51)(H,45,49)(H,46,52). The fourth-order valence-corrected chi connectivity index (χ4v) is 5.26. The van der Waals surface area contributed by atoms with E-state index in [0.29, 0.717) is 32.1 Å². The van der Waals surface area contributed by atoms with Crippen LogP contribution in [0.15, 0.2) is 91.0 Å². The lowest BCUT2D eigenvalue weighted by Gasteiger charge is -2.23. The molecule has 0 heterocycles. The van der Waals surface area contributed by atoms with Gasteiger partial charge in [-0.1, -0.05) is 91.0 Å². The van der Waals surface area contributed by atoms with Crippen molar-refractivity contribution in [2.24, 2.45) is 0 Å². The van der Waals surface area contributed by atoms with Gasteiger partial charge in [0.15, 0.2) is 0 Å². The van der Waals surface area contributed by atoms with E-state index < -0.39 is 48.1 Å². The number of alkyl carbamates (subject to hydrolysis) is 3. The number of esters is 1. The first-order valence-electron chi connectivity index (χ1n) is 18.7. The Labute approximate surface area is 327 Å². The third-order valence-electron chi connectivity index (χ3n) is 8.34. The van der Waals surface area contributed by atoms with Crippen molar-refractivity contribution in [2.45, 2.75) is 83.3 Å². The largest absolute Gasteiger partial charge is 0.469 e. The fraction of sp³-hybridized carbons (Fsp3) is 0.415. The fourth-order valence-electron chi connectivity index (χ4n) is 5.26. The van der Waals surface area contributed by atoms with Crippen molar-refractivity contribution in [3.63, 3.8) is 0 Å². The van der Waals surface area contributed by atoms with Crippen LogP contribution in [0.4, 0.5) is 14.4 Å². The van der Waals surface area contributed by atoms with E-state index in [1.54, 1.807) is 12.1 Å². The first kappa shape index (κ1) is 44.3. The highest BCUT2D eigenvalue weighted by atomic mass is 16.6. The molecule has 3 aromatic rings. The second kappa shape index (κ2) is 26.6. The van der Waals surface area contributed by atoms with E-state index in [4.69, 9.17) is 14.2 Å². The Balaban J connectivity index is 1.55. The van der Waals surface area contributed by atoms with Gasteiger partial charge < -0.3 is 45.5 Å². The molecule has 0 aromatic heterocycles. The number of methoxy groups -OCH3 is 1. The van der Waals surface area contributed by atoms with Gasteiger partial charge >= 0.3 is 24.2 Å². The molecule has 0 spiro atoms. The zero-order valence-electron chi connectivity index (χ0n) is 31.8. The molecule has 0 saturated heterocycles. The lowest BCUT2D eigenvalue weighted by molar-refractivity contribution is -0.140. The number of rotatable bonds is 24. The van der Waals surface area contributed by atoms with Crippen LogP contribution in [0.5, 0.6) is 0 Å². The molecule has 0 aliphatic heterocycles. The van der Waals surface area contributed by atoms with Gasteiger partial charge in [-0.05, 0) is 61.6 Å². The Hall–Kier alpha value is -6.12. The van der Waals surface area contributed by atoms with E-state index in [2.05, 4.69) is 31.3 Å².